The number of rotatable bonds is 3. The summed E-state index contributed by atoms with van der Waals surface area (Å²) in [5.41, 5.74) is 0. The Kier molecular flexibility index (Phi) is 4.24. The lowest BCUT2D eigenvalue weighted by atomic mass is 10.1. The molecule has 0 spiro atoms. The fourth-order valence-electron chi connectivity index (χ4n) is 2.31. The summed E-state index contributed by atoms with van der Waals surface area (Å²) < 4.78 is 5.31. The van der Waals surface area contributed by atoms with Gasteiger partial charge in [0.2, 0.25) is 0 Å². The summed E-state index contributed by atoms with van der Waals surface area (Å²) in [6.07, 6.45) is 3.84. The number of anilines is 1. The molecular weight excluding hydrogens is 252 g/mol. The average Bonchev–Trinajstić information content (AvgIpc) is 2.38. The van der Waals surface area contributed by atoms with E-state index in [-0.39, 0.29) is 0 Å². The van der Waals surface area contributed by atoms with Gasteiger partial charge in [0.1, 0.15) is 6.33 Å². The molecule has 0 aromatic carbocycles. The number of halogens is 1. The first-order valence-electron chi connectivity index (χ1n) is 6.09. The van der Waals surface area contributed by atoms with Gasteiger partial charge < -0.3 is 14.5 Å². The van der Waals surface area contributed by atoms with E-state index < -0.39 is 0 Å². The number of hydrogen-bond donors (Lipinski definition) is 0. The maximum Gasteiger partial charge on any atom is 0.199 e. The maximum atomic E-state index is 6.03. The van der Waals surface area contributed by atoms with Gasteiger partial charge in [0.15, 0.2) is 16.7 Å². The quantitative estimate of drug-likeness (QED) is 0.782. The molecule has 0 bridgehead atoms. The number of piperidine rings is 1. The third kappa shape index (κ3) is 2.67. The lowest BCUT2D eigenvalue weighted by Gasteiger charge is -2.37. The van der Waals surface area contributed by atoms with E-state index in [2.05, 4.69) is 33.9 Å². The monoisotopic (exact) mass is 270 g/mol. The van der Waals surface area contributed by atoms with E-state index in [1.54, 1.807) is 7.11 Å². The molecule has 1 fully saturated rings. The summed E-state index contributed by atoms with van der Waals surface area (Å²) in [4.78, 5) is 12.7. The highest BCUT2D eigenvalue weighted by Gasteiger charge is 2.25. The van der Waals surface area contributed by atoms with Crippen LogP contribution >= 0.6 is 11.6 Å². The molecule has 0 amide bonds. The molecule has 0 saturated carbocycles. The van der Waals surface area contributed by atoms with Gasteiger partial charge in [0, 0.05) is 19.1 Å². The summed E-state index contributed by atoms with van der Waals surface area (Å²) in [5, 5.41) is 0.370. The van der Waals surface area contributed by atoms with Crippen LogP contribution in [-0.2, 0) is 0 Å². The molecular formula is C12H19ClN4O. The van der Waals surface area contributed by atoms with Crippen molar-refractivity contribution in [1.82, 2.24) is 14.9 Å². The minimum atomic E-state index is 0.370. The van der Waals surface area contributed by atoms with Crippen LogP contribution in [0.4, 0.5) is 5.82 Å². The van der Waals surface area contributed by atoms with E-state index in [9.17, 15) is 0 Å². The van der Waals surface area contributed by atoms with Crippen molar-refractivity contribution in [2.24, 2.45) is 0 Å². The molecule has 1 atom stereocenters. The van der Waals surface area contributed by atoms with Crippen molar-refractivity contribution < 1.29 is 4.74 Å². The van der Waals surface area contributed by atoms with Crippen LogP contribution in [0, 0.1) is 0 Å². The van der Waals surface area contributed by atoms with Crippen molar-refractivity contribution >= 4 is 17.4 Å². The van der Waals surface area contributed by atoms with Gasteiger partial charge in [-0.2, -0.15) is 0 Å². The molecule has 1 unspecified atom stereocenters. The second-order valence-corrected chi connectivity index (χ2v) is 5.09. The van der Waals surface area contributed by atoms with Crippen LogP contribution in [0.3, 0.4) is 0 Å². The Hall–Kier alpha value is -1.07. The van der Waals surface area contributed by atoms with E-state index >= 15 is 0 Å². The van der Waals surface area contributed by atoms with Crippen LogP contribution in [0.15, 0.2) is 6.33 Å². The molecule has 5 nitrogen and oxygen atoms in total. The number of methoxy groups -OCH3 is 1. The van der Waals surface area contributed by atoms with Gasteiger partial charge in [-0.3, -0.25) is 0 Å². The van der Waals surface area contributed by atoms with Gasteiger partial charge in [-0.1, -0.05) is 11.6 Å². The Labute approximate surface area is 113 Å². The first-order valence-corrected chi connectivity index (χ1v) is 6.47. The van der Waals surface area contributed by atoms with Crippen molar-refractivity contribution in [2.75, 3.05) is 39.2 Å². The zero-order valence-corrected chi connectivity index (χ0v) is 11.8. The molecule has 6 heteroatoms. The summed E-state index contributed by atoms with van der Waals surface area (Å²) >= 11 is 6.03. The molecule has 1 aliphatic rings. The smallest absolute Gasteiger partial charge is 0.199 e. The maximum absolute atomic E-state index is 6.03. The highest BCUT2D eigenvalue weighted by Crippen LogP contribution is 2.33. The van der Waals surface area contributed by atoms with E-state index in [1.807, 2.05) is 0 Å². The largest absolute Gasteiger partial charge is 0.490 e. The van der Waals surface area contributed by atoms with Crippen molar-refractivity contribution in [3.05, 3.63) is 11.5 Å². The van der Waals surface area contributed by atoms with Crippen LogP contribution in [0.25, 0.3) is 0 Å². The molecule has 1 aromatic rings. The summed E-state index contributed by atoms with van der Waals surface area (Å²) in [7, 11) is 5.82. The second kappa shape index (κ2) is 5.71. The SMILES string of the molecule is COc1c(Cl)ncnc1N1CCCC(N(C)C)C1. The summed E-state index contributed by atoms with van der Waals surface area (Å²) in [6, 6.07) is 0.539. The van der Waals surface area contributed by atoms with E-state index in [0.29, 0.717) is 16.9 Å². The number of nitrogens with zero attached hydrogens (tertiary/aromatic N) is 4. The fourth-order valence-corrected chi connectivity index (χ4v) is 2.52. The molecule has 1 saturated heterocycles. The van der Waals surface area contributed by atoms with E-state index in [1.165, 1.54) is 12.7 Å². The molecule has 2 rings (SSSR count). The van der Waals surface area contributed by atoms with Crippen molar-refractivity contribution in [1.29, 1.82) is 0 Å². The van der Waals surface area contributed by atoms with Gasteiger partial charge in [-0.25, -0.2) is 9.97 Å². The standard InChI is InChI=1S/C12H19ClN4O/c1-16(2)9-5-4-6-17(7-9)12-10(18-3)11(13)14-8-15-12/h8-9H,4-7H2,1-3H3. The first-order chi connectivity index (χ1) is 8.63. The topological polar surface area (TPSA) is 41.5 Å². The highest BCUT2D eigenvalue weighted by atomic mass is 35.5. The Balaban J connectivity index is 2.23. The van der Waals surface area contributed by atoms with Crippen LogP contribution < -0.4 is 9.64 Å². The zero-order valence-electron chi connectivity index (χ0n) is 11.1. The van der Waals surface area contributed by atoms with Gasteiger partial charge in [-0.05, 0) is 26.9 Å². The number of hydrogen-bond acceptors (Lipinski definition) is 5. The minimum absolute atomic E-state index is 0.370. The van der Waals surface area contributed by atoms with Crippen LogP contribution in [0.2, 0.25) is 5.15 Å². The van der Waals surface area contributed by atoms with Gasteiger partial charge in [0.05, 0.1) is 7.11 Å². The van der Waals surface area contributed by atoms with Crippen LogP contribution in [0.5, 0.6) is 5.75 Å². The predicted molar refractivity (Wildman–Crippen MR) is 72.5 cm³/mol. The zero-order chi connectivity index (χ0) is 13.1. The average molecular weight is 271 g/mol. The molecule has 18 heavy (non-hydrogen) atoms. The Morgan fingerprint density at radius 2 is 2.22 bits per heavy atom. The normalized spacial score (nSPS) is 20.3. The molecule has 2 heterocycles. The predicted octanol–water partition coefficient (Wildman–Crippen LogP) is 1.67. The fraction of sp³-hybridized carbons (Fsp3) is 0.667. The number of ether oxygens (including phenoxy) is 1. The molecule has 1 aliphatic heterocycles. The summed E-state index contributed by atoms with van der Waals surface area (Å²) in [5.74, 6) is 1.36. The Bertz CT molecular complexity index is 413. The molecule has 0 radical (unpaired) electrons. The van der Waals surface area contributed by atoms with Gasteiger partial charge in [0.25, 0.3) is 0 Å². The van der Waals surface area contributed by atoms with Crippen molar-refractivity contribution in [2.45, 2.75) is 18.9 Å². The van der Waals surface area contributed by atoms with Gasteiger partial charge in [-0.15, -0.1) is 0 Å². The Morgan fingerprint density at radius 1 is 1.44 bits per heavy atom. The third-order valence-corrected chi connectivity index (χ3v) is 3.64. The molecule has 0 N–H and O–H groups in total. The molecule has 1 aromatic heterocycles. The highest BCUT2D eigenvalue weighted by molar-refractivity contribution is 6.31. The number of likely N-dealkylation sites (N-methyl/N-ethyl adjacent to an activating group) is 1. The summed E-state index contributed by atoms with van der Waals surface area (Å²) in [6.45, 7) is 1.92. The van der Waals surface area contributed by atoms with E-state index in [4.69, 9.17) is 16.3 Å². The number of aromatic nitrogens is 2. The molecule has 100 valence electrons. The van der Waals surface area contributed by atoms with Gasteiger partial charge >= 0.3 is 0 Å². The van der Waals surface area contributed by atoms with Crippen molar-refractivity contribution in [3.8, 4) is 5.75 Å². The molecule has 0 aliphatic carbocycles. The first kappa shape index (κ1) is 13.4. The Morgan fingerprint density at radius 3 is 2.89 bits per heavy atom. The van der Waals surface area contributed by atoms with Crippen LogP contribution in [0.1, 0.15) is 12.8 Å². The second-order valence-electron chi connectivity index (χ2n) is 4.73. The third-order valence-electron chi connectivity index (χ3n) is 3.37. The lowest BCUT2D eigenvalue weighted by molar-refractivity contribution is 0.256. The lowest BCUT2D eigenvalue weighted by Crippen LogP contribution is -2.45. The van der Waals surface area contributed by atoms with E-state index in [0.717, 1.165) is 25.3 Å². The minimum Gasteiger partial charge on any atom is -0.490 e. The van der Waals surface area contributed by atoms with Crippen LogP contribution in [-0.4, -0.2) is 55.2 Å². The van der Waals surface area contributed by atoms with Crippen molar-refractivity contribution in [3.63, 3.8) is 0 Å².